The Hall–Kier alpha value is -1.46. The van der Waals surface area contributed by atoms with Crippen molar-refractivity contribution in [1.29, 1.82) is 0 Å². The summed E-state index contributed by atoms with van der Waals surface area (Å²) >= 11 is 5.78. The summed E-state index contributed by atoms with van der Waals surface area (Å²) in [7, 11) is 0. The molecule has 1 saturated heterocycles. The smallest absolute Gasteiger partial charge is 0.155 e. The van der Waals surface area contributed by atoms with Crippen molar-refractivity contribution in [3.05, 3.63) is 35.2 Å². The van der Waals surface area contributed by atoms with E-state index in [0.717, 1.165) is 5.69 Å². The Kier molecular flexibility index (Phi) is 2.38. The fourth-order valence-electron chi connectivity index (χ4n) is 1.71. The predicted molar refractivity (Wildman–Crippen MR) is 62.3 cm³/mol. The highest BCUT2D eigenvalue weighted by atomic mass is 35.5. The molecule has 0 radical (unpaired) electrons. The van der Waals surface area contributed by atoms with Crippen LogP contribution >= 0.6 is 11.6 Å². The van der Waals surface area contributed by atoms with E-state index in [0.29, 0.717) is 24.1 Å². The quantitative estimate of drug-likeness (QED) is 0.813. The molecule has 17 heavy (non-hydrogen) atoms. The molecule has 3 rings (SSSR count). The summed E-state index contributed by atoms with van der Waals surface area (Å²) < 4.78 is 6.86. The molecule has 0 aromatic carbocycles. The minimum absolute atomic E-state index is 0.00925. The van der Waals surface area contributed by atoms with E-state index >= 15 is 0 Å². The SMILES string of the molecule is CC1(c2cn(-c3ccc(Cl)cn3)nn2)COC1. The Morgan fingerprint density at radius 1 is 1.41 bits per heavy atom. The zero-order chi connectivity index (χ0) is 11.9. The lowest BCUT2D eigenvalue weighted by atomic mass is 9.85. The van der Waals surface area contributed by atoms with Gasteiger partial charge in [0.05, 0.1) is 35.5 Å². The van der Waals surface area contributed by atoms with E-state index in [1.54, 1.807) is 23.0 Å². The molecule has 0 atom stereocenters. The maximum absolute atomic E-state index is 5.78. The van der Waals surface area contributed by atoms with Crippen LogP contribution in [0.1, 0.15) is 12.6 Å². The second kappa shape index (κ2) is 3.78. The normalized spacial score (nSPS) is 17.8. The van der Waals surface area contributed by atoms with E-state index in [-0.39, 0.29) is 5.41 Å². The van der Waals surface area contributed by atoms with Gasteiger partial charge >= 0.3 is 0 Å². The van der Waals surface area contributed by atoms with Crippen molar-refractivity contribution < 1.29 is 4.74 Å². The van der Waals surface area contributed by atoms with Gasteiger partial charge in [0.25, 0.3) is 0 Å². The second-order valence-electron chi connectivity index (χ2n) is 4.44. The number of aromatic nitrogens is 4. The van der Waals surface area contributed by atoms with Gasteiger partial charge in [-0.15, -0.1) is 5.10 Å². The lowest BCUT2D eigenvalue weighted by Gasteiger charge is -2.35. The van der Waals surface area contributed by atoms with Crippen LogP contribution in [0.15, 0.2) is 24.5 Å². The van der Waals surface area contributed by atoms with Gasteiger partial charge in [0.1, 0.15) is 0 Å². The minimum Gasteiger partial charge on any atom is -0.379 e. The van der Waals surface area contributed by atoms with Crippen LogP contribution in [0.3, 0.4) is 0 Å². The van der Waals surface area contributed by atoms with Gasteiger partial charge in [0.15, 0.2) is 5.82 Å². The average molecular weight is 251 g/mol. The van der Waals surface area contributed by atoms with Gasteiger partial charge in [-0.05, 0) is 19.1 Å². The van der Waals surface area contributed by atoms with Crippen LogP contribution in [0.25, 0.3) is 5.82 Å². The molecule has 0 saturated carbocycles. The van der Waals surface area contributed by atoms with Crippen LogP contribution in [0.5, 0.6) is 0 Å². The summed E-state index contributed by atoms with van der Waals surface area (Å²) in [4.78, 5) is 4.19. The Morgan fingerprint density at radius 3 is 2.82 bits per heavy atom. The van der Waals surface area contributed by atoms with E-state index < -0.39 is 0 Å². The summed E-state index contributed by atoms with van der Waals surface area (Å²) in [5, 5.41) is 8.84. The van der Waals surface area contributed by atoms with Gasteiger partial charge < -0.3 is 4.74 Å². The van der Waals surface area contributed by atoms with Gasteiger partial charge in [-0.3, -0.25) is 0 Å². The van der Waals surface area contributed by atoms with Gasteiger partial charge in [0.2, 0.25) is 0 Å². The third-order valence-electron chi connectivity index (χ3n) is 2.90. The molecule has 88 valence electrons. The van der Waals surface area contributed by atoms with Crippen molar-refractivity contribution in [3.8, 4) is 5.82 Å². The molecule has 2 aromatic heterocycles. The third-order valence-corrected chi connectivity index (χ3v) is 3.12. The number of nitrogens with zero attached hydrogens (tertiary/aromatic N) is 4. The number of pyridine rings is 1. The predicted octanol–water partition coefficient (Wildman–Crippen LogP) is 1.60. The monoisotopic (exact) mass is 250 g/mol. The summed E-state index contributed by atoms with van der Waals surface area (Å²) in [5.41, 5.74) is 0.922. The van der Waals surface area contributed by atoms with Gasteiger partial charge in [-0.25, -0.2) is 9.67 Å². The highest BCUT2D eigenvalue weighted by Gasteiger charge is 2.38. The molecule has 5 nitrogen and oxygen atoms in total. The molecule has 0 bridgehead atoms. The Morgan fingerprint density at radius 2 is 2.24 bits per heavy atom. The zero-order valence-corrected chi connectivity index (χ0v) is 10.1. The highest BCUT2D eigenvalue weighted by Crippen LogP contribution is 2.29. The molecule has 0 amide bonds. The topological polar surface area (TPSA) is 52.8 Å². The van der Waals surface area contributed by atoms with E-state index in [4.69, 9.17) is 16.3 Å². The first kappa shape index (κ1) is 10.7. The highest BCUT2D eigenvalue weighted by molar-refractivity contribution is 6.30. The largest absolute Gasteiger partial charge is 0.379 e. The van der Waals surface area contributed by atoms with Gasteiger partial charge in [-0.1, -0.05) is 16.8 Å². The maximum Gasteiger partial charge on any atom is 0.155 e. The molecular weight excluding hydrogens is 240 g/mol. The van der Waals surface area contributed by atoms with E-state index in [2.05, 4.69) is 22.2 Å². The van der Waals surface area contributed by atoms with Crippen LogP contribution in [-0.4, -0.2) is 33.2 Å². The van der Waals surface area contributed by atoms with E-state index in [9.17, 15) is 0 Å². The minimum atomic E-state index is -0.00925. The Labute approximate surface area is 103 Å². The summed E-state index contributed by atoms with van der Waals surface area (Å²) in [6.07, 6.45) is 3.48. The standard InChI is InChI=1S/C11H11ClN4O/c1-11(6-17-7-11)9-5-16(15-14-9)10-3-2-8(12)4-13-10/h2-5H,6-7H2,1H3. The van der Waals surface area contributed by atoms with Crippen molar-refractivity contribution in [3.63, 3.8) is 0 Å². The molecule has 3 heterocycles. The fourth-order valence-corrected chi connectivity index (χ4v) is 1.82. The lowest BCUT2D eigenvalue weighted by Crippen LogP contribution is -2.44. The third kappa shape index (κ3) is 1.81. The molecule has 1 fully saturated rings. The molecule has 1 aliphatic rings. The molecule has 0 N–H and O–H groups in total. The van der Waals surface area contributed by atoms with E-state index in [1.165, 1.54) is 0 Å². The molecule has 1 aliphatic heterocycles. The molecule has 2 aromatic rings. The zero-order valence-electron chi connectivity index (χ0n) is 9.30. The first-order valence-corrected chi connectivity index (χ1v) is 5.68. The van der Waals surface area contributed by atoms with Crippen molar-refractivity contribution in [2.24, 2.45) is 0 Å². The van der Waals surface area contributed by atoms with Crippen LogP contribution in [0.4, 0.5) is 0 Å². The number of ether oxygens (including phenoxy) is 1. The second-order valence-corrected chi connectivity index (χ2v) is 4.87. The fraction of sp³-hybridized carbons (Fsp3) is 0.364. The summed E-state index contributed by atoms with van der Waals surface area (Å²) in [5.74, 6) is 0.706. The van der Waals surface area contributed by atoms with Crippen LogP contribution < -0.4 is 0 Å². The first-order chi connectivity index (χ1) is 8.17. The number of hydrogen-bond donors (Lipinski definition) is 0. The molecular formula is C11H11ClN4O. The van der Waals surface area contributed by atoms with Crippen molar-refractivity contribution >= 4 is 11.6 Å². The lowest BCUT2D eigenvalue weighted by molar-refractivity contribution is -0.0521. The van der Waals surface area contributed by atoms with Crippen LogP contribution in [-0.2, 0) is 10.2 Å². The van der Waals surface area contributed by atoms with Crippen molar-refractivity contribution in [2.45, 2.75) is 12.3 Å². The van der Waals surface area contributed by atoms with E-state index in [1.807, 2.05) is 6.20 Å². The van der Waals surface area contributed by atoms with Gasteiger partial charge in [0, 0.05) is 6.20 Å². The summed E-state index contributed by atoms with van der Waals surface area (Å²) in [6.45, 7) is 3.50. The first-order valence-electron chi connectivity index (χ1n) is 5.30. The van der Waals surface area contributed by atoms with Crippen molar-refractivity contribution in [2.75, 3.05) is 13.2 Å². The van der Waals surface area contributed by atoms with Gasteiger partial charge in [-0.2, -0.15) is 0 Å². The molecule has 0 spiro atoms. The Balaban J connectivity index is 1.92. The number of rotatable bonds is 2. The average Bonchev–Trinajstić information content (AvgIpc) is 2.76. The molecule has 0 aliphatic carbocycles. The van der Waals surface area contributed by atoms with Crippen molar-refractivity contribution in [1.82, 2.24) is 20.0 Å². The number of hydrogen-bond acceptors (Lipinski definition) is 4. The number of halogens is 1. The molecule has 6 heteroatoms. The van der Waals surface area contributed by atoms with Crippen LogP contribution in [0.2, 0.25) is 5.02 Å². The summed E-state index contributed by atoms with van der Waals surface area (Å²) in [6, 6.07) is 3.58. The maximum atomic E-state index is 5.78. The molecule has 0 unspecified atom stereocenters. The Bertz CT molecular complexity index is 533. The van der Waals surface area contributed by atoms with Crippen LogP contribution in [0, 0.1) is 0 Å².